The maximum Gasteiger partial charge on any atom is 0.0766 e. The molecular formula is C30H24N2S4. The number of thioether (sulfide) groups is 2. The van der Waals surface area contributed by atoms with Gasteiger partial charge in [-0.15, -0.1) is 46.2 Å². The number of para-hydroxylation sites is 2. The zero-order chi connectivity index (χ0) is 24.4. The maximum atomic E-state index is 4.75. The molecule has 5 aromatic rings. The van der Waals surface area contributed by atoms with Crippen molar-refractivity contribution in [3.8, 4) is 0 Å². The summed E-state index contributed by atoms with van der Waals surface area (Å²) in [5, 5.41) is 4.15. The number of hydrogen-bond donors (Lipinski definition) is 0. The fourth-order valence-electron chi connectivity index (χ4n) is 3.52. The lowest BCUT2D eigenvalue weighted by molar-refractivity contribution is 1.26. The van der Waals surface area contributed by atoms with Gasteiger partial charge in [0.05, 0.1) is 11.4 Å². The van der Waals surface area contributed by atoms with Gasteiger partial charge in [0.1, 0.15) is 0 Å². The Morgan fingerprint density at radius 3 is 1.42 bits per heavy atom. The lowest BCUT2D eigenvalue weighted by Crippen LogP contribution is -1.91. The third-order valence-electron chi connectivity index (χ3n) is 5.36. The number of nitrogens with zero attached hydrogens (tertiary/aromatic N) is 2. The molecule has 0 N–H and O–H groups in total. The Morgan fingerprint density at radius 2 is 0.972 bits per heavy atom. The van der Waals surface area contributed by atoms with E-state index in [4.69, 9.17) is 9.98 Å². The summed E-state index contributed by atoms with van der Waals surface area (Å²) in [6, 6.07) is 33.8. The molecule has 0 atom stereocenters. The topological polar surface area (TPSA) is 24.7 Å². The second-order valence-electron chi connectivity index (χ2n) is 7.83. The van der Waals surface area contributed by atoms with Gasteiger partial charge < -0.3 is 0 Å². The predicted molar refractivity (Wildman–Crippen MR) is 162 cm³/mol. The Morgan fingerprint density at radius 1 is 0.528 bits per heavy atom. The molecule has 0 fully saturated rings. The fourth-order valence-corrected chi connectivity index (χ4v) is 6.76. The normalized spacial score (nSPS) is 11.6. The molecular weight excluding hydrogens is 517 g/mol. The number of thiophene rings is 2. The Bertz CT molecular complexity index is 1330. The molecule has 0 radical (unpaired) electrons. The first-order chi connectivity index (χ1) is 17.8. The van der Waals surface area contributed by atoms with E-state index in [1.807, 2.05) is 48.1 Å². The van der Waals surface area contributed by atoms with E-state index in [0.29, 0.717) is 0 Å². The molecule has 6 heteroatoms. The molecule has 3 aromatic carbocycles. The van der Waals surface area contributed by atoms with E-state index in [1.54, 1.807) is 22.7 Å². The smallest absolute Gasteiger partial charge is 0.0766 e. The van der Waals surface area contributed by atoms with Gasteiger partial charge in [0.15, 0.2) is 0 Å². The maximum absolute atomic E-state index is 4.75. The Labute approximate surface area is 228 Å². The minimum atomic E-state index is 0.903. The molecule has 0 saturated heterocycles. The third-order valence-corrected chi connectivity index (χ3v) is 9.20. The summed E-state index contributed by atoms with van der Waals surface area (Å²) in [5.74, 6) is 1.81. The highest BCUT2D eigenvalue weighted by Gasteiger charge is 2.08. The van der Waals surface area contributed by atoms with Gasteiger partial charge >= 0.3 is 0 Å². The van der Waals surface area contributed by atoms with Crippen molar-refractivity contribution in [1.82, 2.24) is 0 Å². The predicted octanol–water partition coefficient (Wildman–Crippen LogP) is 9.90. The summed E-state index contributed by atoms with van der Waals surface area (Å²) >= 11 is 7.08. The van der Waals surface area contributed by atoms with Crippen LogP contribution in [0.2, 0.25) is 0 Å². The largest absolute Gasteiger partial charge is 0.254 e. The molecule has 178 valence electrons. The zero-order valence-corrected chi connectivity index (χ0v) is 22.8. The van der Waals surface area contributed by atoms with Gasteiger partial charge in [-0.1, -0.05) is 60.7 Å². The summed E-state index contributed by atoms with van der Waals surface area (Å²) in [5.41, 5.74) is 4.73. The van der Waals surface area contributed by atoms with E-state index >= 15 is 0 Å². The number of benzene rings is 3. The highest BCUT2D eigenvalue weighted by atomic mass is 32.2. The van der Waals surface area contributed by atoms with Crippen molar-refractivity contribution in [3.63, 3.8) is 0 Å². The van der Waals surface area contributed by atoms with Crippen molar-refractivity contribution < 1.29 is 0 Å². The van der Waals surface area contributed by atoms with Gasteiger partial charge in [-0.05, 0) is 58.3 Å². The highest BCUT2D eigenvalue weighted by Crippen LogP contribution is 2.35. The standard InChI is InChI=1S/C30H24N2S4/c1-2-10-24(22-36-30-16-6-4-14-28(30)32-20-26-12-8-18-34-26)23(9-1)21-35-29-15-5-3-13-27(29)31-19-25-11-7-17-33-25/h1-20H,21-22H2. The monoisotopic (exact) mass is 540 g/mol. The van der Waals surface area contributed by atoms with Crippen LogP contribution in [0.4, 0.5) is 11.4 Å². The fraction of sp³-hybridized carbons (Fsp3) is 0.0667. The van der Waals surface area contributed by atoms with E-state index in [0.717, 1.165) is 32.6 Å². The van der Waals surface area contributed by atoms with Crippen molar-refractivity contribution in [2.24, 2.45) is 9.98 Å². The van der Waals surface area contributed by atoms with E-state index in [-0.39, 0.29) is 0 Å². The Hall–Kier alpha value is -2.90. The third kappa shape index (κ3) is 6.86. The van der Waals surface area contributed by atoms with Crippen LogP contribution < -0.4 is 0 Å². The van der Waals surface area contributed by atoms with Crippen LogP contribution in [0.25, 0.3) is 0 Å². The Balaban J connectivity index is 1.27. The van der Waals surface area contributed by atoms with E-state index < -0.39 is 0 Å². The second kappa shape index (κ2) is 12.9. The van der Waals surface area contributed by atoms with Crippen molar-refractivity contribution >= 4 is 70.0 Å². The first-order valence-electron chi connectivity index (χ1n) is 11.5. The van der Waals surface area contributed by atoms with Crippen LogP contribution in [0.3, 0.4) is 0 Å². The van der Waals surface area contributed by atoms with Crippen molar-refractivity contribution in [2.75, 3.05) is 0 Å². The minimum absolute atomic E-state index is 0.903. The van der Waals surface area contributed by atoms with Gasteiger partial charge in [-0.25, -0.2) is 0 Å². The van der Waals surface area contributed by atoms with Crippen LogP contribution in [-0.2, 0) is 11.5 Å². The number of aliphatic imine (C=N–C) groups is 2. The zero-order valence-electron chi connectivity index (χ0n) is 19.5. The van der Waals surface area contributed by atoms with Gasteiger partial charge in [0.25, 0.3) is 0 Å². The molecule has 0 amide bonds. The first-order valence-corrected chi connectivity index (χ1v) is 15.2. The molecule has 0 bridgehead atoms. The SMILES string of the molecule is C(=Nc1ccccc1SCc1ccccc1CSc1ccccc1N=Cc1cccs1)c1cccs1. The lowest BCUT2D eigenvalue weighted by Gasteiger charge is -2.11. The van der Waals surface area contributed by atoms with Crippen LogP contribution >= 0.6 is 46.2 Å². The van der Waals surface area contributed by atoms with E-state index in [9.17, 15) is 0 Å². The molecule has 0 aliphatic rings. The second-order valence-corrected chi connectivity index (χ2v) is 11.8. The average Bonchev–Trinajstić information content (AvgIpc) is 3.64. The molecule has 2 nitrogen and oxygen atoms in total. The Kier molecular flexibility index (Phi) is 8.86. The summed E-state index contributed by atoms with van der Waals surface area (Å²) < 4.78 is 0. The van der Waals surface area contributed by atoms with Crippen molar-refractivity contribution in [3.05, 3.63) is 129 Å². The molecule has 0 spiro atoms. The van der Waals surface area contributed by atoms with E-state index in [1.165, 1.54) is 20.9 Å². The van der Waals surface area contributed by atoms with E-state index in [2.05, 4.69) is 95.7 Å². The van der Waals surface area contributed by atoms with Crippen LogP contribution in [-0.4, -0.2) is 12.4 Å². The van der Waals surface area contributed by atoms with Gasteiger partial charge in [0, 0.05) is 43.5 Å². The quantitative estimate of drug-likeness (QED) is 0.130. The average molecular weight is 541 g/mol. The lowest BCUT2D eigenvalue weighted by atomic mass is 10.1. The van der Waals surface area contributed by atoms with Crippen molar-refractivity contribution in [1.29, 1.82) is 0 Å². The molecule has 36 heavy (non-hydrogen) atoms. The van der Waals surface area contributed by atoms with Crippen LogP contribution in [0.5, 0.6) is 0 Å². The molecule has 5 rings (SSSR count). The molecule has 2 aromatic heterocycles. The highest BCUT2D eigenvalue weighted by molar-refractivity contribution is 7.99. The number of rotatable bonds is 10. The van der Waals surface area contributed by atoms with Crippen LogP contribution in [0.15, 0.2) is 128 Å². The summed E-state index contributed by atoms with van der Waals surface area (Å²) in [6.45, 7) is 0. The minimum Gasteiger partial charge on any atom is -0.254 e. The van der Waals surface area contributed by atoms with Gasteiger partial charge in [0.2, 0.25) is 0 Å². The van der Waals surface area contributed by atoms with Crippen LogP contribution in [0.1, 0.15) is 20.9 Å². The molecule has 0 unspecified atom stereocenters. The molecule has 0 aliphatic carbocycles. The molecule has 0 saturated carbocycles. The van der Waals surface area contributed by atoms with Crippen molar-refractivity contribution in [2.45, 2.75) is 21.3 Å². The first kappa shape index (κ1) is 24.8. The van der Waals surface area contributed by atoms with Crippen LogP contribution in [0, 0.1) is 0 Å². The summed E-state index contributed by atoms with van der Waals surface area (Å²) in [6.07, 6.45) is 3.90. The summed E-state index contributed by atoms with van der Waals surface area (Å²) in [4.78, 5) is 14.2. The molecule has 0 aliphatic heterocycles. The van der Waals surface area contributed by atoms with Gasteiger partial charge in [-0.3, -0.25) is 9.98 Å². The molecule has 2 heterocycles. The number of hydrogen-bond acceptors (Lipinski definition) is 6. The van der Waals surface area contributed by atoms with Gasteiger partial charge in [-0.2, -0.15) is 0 Å². The summed E-state index contributed by atoms with van der Waals surface area (Å²) in [7, 11) is 0.